The molecule has 6 nitrogen and oxygen atoms in total. The molecule has 30 heavy (non-hydrogen) atoms. The molecule has 0 bridgehead atoms. The molecule has 0 aliphatic heterocycles. The molecule has 0 aromatic rings. The van der Waals surface area contributed by atoms with Gasteiger partial charge in [-0.25, -0.2) is 9.59 Å². The lowest BCUT2D eigenvalue weighted by Gasteiger charge is -2.18. The quantitative estimate of drug-likeness (QED) is 0.228. The first-order valence-corrected chi connectivity index (χ1v) is 11.1. The third kappa shape index (κ3) is 14.2. The Labute approximate surface area is 182 Å². The average Bonchev–Trinajstić information content (AvgIpc) is 2.50. The normalized spacial score (nSPS) is 15.1. The van der Waals surface area contributed by atoms with Crippen molar-refractivity contribution in [2.24, 2.45) is 17.8 Å². The van der Waals surface area contributed by atoms with Gasteiger partial charge in [0.2, 0.25) is 0 Å². The van der Waals surface area contributed by atoms with Crippen LogP contribution in [0.3, 0.4) is 0 Å². The van der Waals surface area contributed by atoms with Crippen molar-refractivity contribution in [2.75, 3.05) is 0 Å². The predicted octanol–water partition coefficient (Wildman–Crippen LogP) is 5.24. The Kier molecular flexibility index (Phi) is 13.3. The van der Waals surface area contributed by atoms with E-state index in [1.54, 1.807) is 13.8 Å². The summed E-state index contributed by atoms with van der Waals surface area (Å²) in [7, 11) is 0. The fraction of sp³-hybridized carbons (Fsp3) is 0.792. The highest BCUT2D eigenvalue weighted by atomic mass is 16.6. The van der Waals surface area contributed by atoms with Gasteiger partial charge in [-0.2, -0.15) is 0 Å². The van der Waals surface area contributed by atoms with E-state index in [-0.39, 0.29) is 30.3 Å². The van der Waals surface area contributed by atoms with E-state index in [1.807, 2.05) is 48.5 Å². The van der Waals surface area contributed by atoms with Gasteiger partial charge in [0.25, 0.3) is 0 Å². The first kappa shape index (κ1) is 28.1. The second kappa shape index (κ2) is 14.2. The highest BCUT2D eigenvalue weighted by Crippen LogP contribution is 2.16. The fourth-order valence-electron chi connectivity index (χ4n) is 3.37. The van der Waals surface area contributed by atoms with Gasteiger partial charge < -0.3 is 14.2 Å². The Morgan fingerprint density at radius 3 is 1.47 bits per heavy atom. The van der Waals surface area contributed by atoms with Crippen molar-refractivity contribution < 1.29 is 28.6 Å². The summed E-state index contributed by atoms with van der Waals surface area (Å²) < 4.78 is 16.2. The molecule has 0 rings (SSSR count). The molecular weight excluding hydrogens is 384 g/mol. The Bertz CT molecular complexity index is 576. The van der Waals surface area contributed by atoms with Gasteiger partial charge >= 0.3 is 17.9 Å². The molecule has 0 unspecified atom stereocenters. The summed E-state index contributed by atoms with van der Waals surface area (Å²) in [5.74, 6) is -0.813. The summed E-state index contributed by atoms with van der Waals surface area (Å²) in [4.78, 5) is 37.3. The van der Waals surface area contributed by atoms with Crippen LogP contribution in [0.2, 0.25) is 0 Å². The molecule has 0 aliphatic carbocycles. The lowest BCUT2D eigenvalue weighted by Crippen LogP contribution is -2.23. The number of hydrogen-bond acceptors (Lipinski definition) is 6. The summed E-state index contributed by atoms with van der Waals surface area (Å²) in [5, 5.41) is 0. The molecule has 0 aromatic carbocycles. The summed E-state index contributed by atoms with van der Waals surface area (Å²) in [6.45, 7) is 17.6. The highest BCUT2D eigenvalue weighted by Gasteiger charge is 2.23. The summed E-state index contributed by atoms with van der Waals surface area (Å²) in [6.07, 6.45) is 1.96. The van der Waals surface area contributed by atoms with Crippen LogP contribution in [-0.4, -0.2) is 36.2 Å². The van der Waals surface area contributed by atoms with E-state index in [1.165, 1.54) is 0 Å². The number of rotatable bonds is 13. The lowest BCUT2D eigenvalue weighted by atomic mass is 10.1. The first-order valence-electron chi connectivity index (χ1n) is 11.1. The van der Waals surface area contributed by atoms with Crippen LogP contribution < -0.4 is 0 Å². The monoisotopic (exact) mass is 426 g/mol. The first-order chi connectivity index (χ1) is 13.8. The van der Waals surface area contributed by atoms with Crippen LogP contribution in [0.15, 0.2) is 11.6 Å². The summed E-state index contributed by atoms with van der Waals surface area (Å²) in [5.41, 5.74) is -0.0471. The molecular formula is C24H42O6. The van der Waals surface area contributed by atoms with Crippen LogP contribution in [0.4, 0.5) is 0 Å². The molecule has 0 saturated carbocycles. The standard InChI is InChI=1S/C24H42O6/c1-15(2)10-18(7)28-22(25)13-21(24(27)30-20(9)12-17(5)6)14-23(26)29-19(8)11-16(3)4/h13,15-20H,10-12,14H2,1-9H3/b21-13+/t18-,19-,20-/m0/s1. The largest absolute Gasteiger partial charge is 0.462 e. The summed E-state index contributed by atoms with van der Waals surface area (Å²) in [6, 6.07) is 0. The van der Waals surface area contributed by atoms with Gasteiger partial charge in [-0.05, 0) is 57.8 Å². The Morgan fingerprint density at radius 1 is 0.633 bits per heavy atom. The number of esters is 3. The molecule has 0 aromatic heterocycles. The van der Waals surface area contributed by atoms with Crippen LogP contribution in [0, 0.1) is 17.8 Å². The third-order valence-electron chi connectivity index (χ3n) is 4.26. The second-order valence-electron chi connectivity index (χ2n) is 9.50. The zero-order chi connectivity index (χ0) is 23.4. The highest BCUT2D eigenvalue weighted by molar-refractivity contribution is 5.99. The van der Waals surface area contributed by atoms with E-state index in [0.717, 1.165) is 12.5 Å². The molecule has 174 valence electrons. The third-order valence-corrected chi connectivity index (χ3v) is 4.26. The van der Waals surface area contributed by atoms with E-state index in [0.29, 0.717) is 30.6 Å². The van der Waals surface area contributed by atoms with E-state index < -0.39 is 17.9 Å². The zero-order valence-corrected chi connectivity index (χ0v) is 20.3. The molecule has 0 saturated heterocycles. The van der Waals surface area contributed by atoms with Gasteiger partial charge in [0.05, 0.1) is 30.3 Å². The molecule has 0 spiro atoms. The van der Waals surface area contributed by atoms with E-state index in [2.05, 4.69) is 0 Å². The number of carbonyl (C=O) groups is 3. The Morgan fingerprint density at radius 2 is 1.03 bits per heavy atom. The lowest BCUT2D eigenvalue weighted by molar-refractivity contribution is -0.152. The van der Waals surface area contributed by atoms with Crippen molar-refractivity contribution in [3.8, 4) is 0 Å². The minimum absolute atomic E-state index is 0.0471. The molecule has 6 heteroatoms. The molecule has 0 heterocycles. The maximum absolute atomic E-state index is 12.6. The minimum atomic E-state index is -0.690. The Hall–Kier alpha value is -1.85. The van der Waals surface area contributed by atoms with Gasteiger partial charge in [-0.15, -0.1) is 0 Å². The average molecular weight is 427 g/mol. The minimum Gasteiger partial charge on any atom is -0.462 e. The SMILES string of the molecule is CC(C)C[C@H](C)OC(=O)/C=C(\CC(=O)O[C@@H](C)CC(C)C)C(=O)O[C@@H](C)CC(C)C. The van der Waals surface area contributed by atoms with Crippen LogP contribution in [-0.2, 0) is 28.6 Å². The van der Waals surface area contributed by atoms with E-state index >= 15 is 0 Å². The molecule has 0 aliphatic rings. The van der Waals surface area contributed by atoms with Gasteiger partial charge in [-0.3, -0.25) is 4.79 Å². The maximum atomic E-state index is 12.6. The van der Waals surface area contributed by atoms with Crippen LogP contribution in [0.1, 0.15) is 88.0 Å². The number of carbonyl (C=O) groups excluding carboxylic acids is 3. The smallest absolute Gasteiger partial charge is 0.335 e. The molecule has 0 N–H and O–H groups in total. The van der Waals surface area contributed by atoms with Gasteiger partial charge in [0.1, 0.15) is 0 Å². The number of hydrogen-bond donors (Lipinski definition) is 0. The Balaban J connectivity index is 5.26. The molecule has 0 fully saturated rings. The van der Waals surface area contributed by atoms with Crippen molar-refractivity contribution in [2.45, 2.75) is 106 Å². The van der Waals surface area contributed by atoms with E-state index in [9.17, 15) is 14.4 Å². The van der Waals surface area contributed by atoms with Crippen molar-refractivity contribution in [3.05, 3.63) is 11.6 Å². The van der Waals surface area contributed by atoms with Crippen molar-refractivity contribution in [1.82, 2.24) is 0 Å². The topological polar surface area (TPSA) is 78.9 Å². The van der Waals surface area contributed by atoms with Crippen LogP contribution >= 0.6 is 0 Å². The van der Waals surface area contributed by atoms with Crippen molar-refractivity contribution >= 4 is 17.9 Å². The summed E-state index contributed by atoms with van der Waals surface area (Å²) >= 11 is 0. The molecule has 3 atom stereocenters. The van der Waals surface area contributed by atoms with Gasteiger partial charge in [0, 0.05) is 6.08 Å². The van der Waals surface area contributed by atoms with Gasteiger partial charge in [0.15, 0.2) is 0 Å². The van der Waals surface area contributed by atoms with Gasteiger partial charge in [-0.1, -0.05) is 41.5 Å². The zero-order valence-electron chi connectivity index (χ0n) is 20.3. The predicted molar refractivity (Wildman–Crippen MR) is 118 cm³/mol. The van der Waals surface area contributed by atoms with Crippen molar-refractivity contribution in [1.29, 1.82) is 0 Å². The van der Waals surface area contributed by atoms with Crippen molar-refractivity contribution in [3.63, 3.8) is 0 Å². The molecule has 0 radical (unpaired) electrons. The molecule has 0 amide bonds. The van der Waals surface area contributed by atoms with Crippen LogP contribution in [0.5, 0.6) is 0 Å². The number of ether oxygens (including phenoxy) is 3. The van der Waals surface area contributed by atoms with E-state index in [4.69, 9.17) is 14.2 Å². The second-order valence-corrected chi connectivity index (χ2v) is 9.50. The van der Waals surface area contributed by atoms with Crippen LogP contribution in [0.25, 0.3) is 0 Å². The maximum Gasteiger partial charge on any atom is 0.335 e. The fourth-order valence-corrected chi connectivity index (χ4v) is 3.37.